The van der Waals surface area contributed by atoms with Crippen molar-refractivity contribution >= 4 is 5.91 Å². The minimum absolute atomic E-state index is 0.100. The van der Waals surface area contributed by atoms with Crippen LogP contribution in [0.5, 0.6) is 11.5 Å². The van der Waals surface area contributed by atoms with Crippen LogP contribution in [0.25, 0.3) is 0 Å². The first-order chi connectivity index (χ1) is 8.51. The molecule has 0 aromatic heterocycles. The Morgan fingerprint density at radius 1 is 1.44 bits per heavy atom. The number of aromatic hydroxyl groups is 1. The minimum Gasteiger partial charge on any atom is -0.504 e. The number of benzene rings is 1. The zero-order valence-corrected chi connectivity index (χ0v) is 11.4. The van der Waals surface area contributed by atoms with E-state index < -0.39 is 0 Å². The topological polar surface area (TPSA) is 58.6 Å². The van der Waals surface area contributed by atoms with Gasteiger partial charge in [0.05, 0.1) is 12.7 Å². The lowest BCUT2D eigenvalue weighted by Gasteiger charge is -2.21. The molecule has 0 aliphatic heterocycles. The standard InChI is InChI=1S/C14H21NO3/c1-5-11(9(2)3)15-14(17)10-7-6-8-12(18-4)13(10)16/h6-9,11,16H,5H2,1-4H3,(H,15,17). The van der Waals surface area contributed by atoms with Gasteiger partial charge in [0.15, 0.2) is 11.5 Å². The van der Waals surface area contributed by atoms with Gasteiger partial charge >= 0.3 is 0 Å². The summed E-state index contributed by atoms with van der Waals surface area (Å²) >= 11 is 0. The third kappa shape index (κ3) is 3.15. The van der Waals surface area contributed by atoms with Crippen LogP contribution < -0.4 is 10.1 Å². The van der Waals surface area contributed by atoms with E-state index in [1.165, 1.54) is 7.11 Å². The summed E-state index contributed by atoms with van der Waals surface area (Å²) in [5, 5.41) is 12.8. The molecule has 0 fully saturated rings. The SMILES string of the molecule is CCC(NC(=O)c1cccc(OC)c1O)C(C)C. The number of rotatable bonds is 5. The van der Waals surface area contributed by atoms with Gasteiger partial charge in [-0.15, -0.1) is 0 Å². The smallest absolute Gasteiger partial charge is 0.255 e. The first-order valence-electron chi connectivity index (χ1n) is 6.18. The molecule has 0 heterocycles. The molecule has 1 amide bonds. The van der Waals surface area contributed by atoms with Gasteiger partial charge in [-0.3, -0.25) is 4.79 Å². The van der Waals surface area contributed by atoms with Gasteiger partial charge in [0.25, 0.3) is 5.91 Å². The predicted molar refractivity (Wildman–Crippen MR) is 71.0 cm³/mol. The molecule has 0 bridgehead atoms. The molecule has 1 aromatic carbocycles. The number of carbonyl (C=O) groups excluding carboxylic acids is 1. The Labute approximate surface area is 108 Å². The third-order valence-corrected chi connectivity index (χ3v) is 3.02. The molecule has 1 unspecified atom stereocenters. The molecule has 0 saturated heterocycles. The van der Waals surface area contributed by atoms with Crippen molar-refractivity contribution < 1.29 is 14.6 Å². The van der Waals surface area contributed by atoms with Crippen molar-refractivity contribution in [2.45, 2.75) is 33.2 Å². The maximum Gasteiger partial charge on any atom is 0.255 e. The second-order valence-electron chi connectivity index (χ2n) is 4.59. The van der Waals surface area contributed by atoms with E-state index >= 15 is 0 Å². The monoisotopic (exact) mass is 251 g/mol. The Kier molecular flexibility index (Phi) is 5.01. The number of ether oxygens (including phenoxy) is 1. The highest BCUT2D eigenvalue weighted by Crippen LogP contribution is 2.29. The number of phenolic OH excluding ortho intramolecular Hbond substituents is 1. The Morgan fingerprint density at radius 3 is 2.61 bits per heavy atom. The van der Waals surface area contributed by atoms with Gasteiger partial charge in [-0.2, -0.15) is 0 Å². The van der Waals surface area contributed by atoms with Crippen LogP contribution in [0.1, 0.15) is 37.6 Å². The molecule has 100 valence electrons. The van der Waals surface area contributed by atoms with Crippen LogP contribution in [0.15, 0.2) is 18.2 Å². The summed E-state index contributed by atoms with van der Waals surface area (Å²) in [6.45, 7) is 6.14. The van der Waals surface area contributed by atoms with Crippen molar-refractivity contribution in [3.05, 3.63) is 23.8 Å². The highest BCUT2D eigenvalue weighted by Gasteiger charge is 2.19. The second kappa shape index (κ2) is 6.28. The number of nitrogens with one attached hydrogen (secondary N) is 1. The summed E-state index contributed by atoms with van der Waals surface area (Å²) in [7, 11) is 1.46. The summed E-state index contributed by atoms with van der Waals surface area (Å²) in [6.07, 6.45) is 0.855. The molecule has 2 N–H and O–H groups in total. The lowest BCUT2D eigenvalue weighted by Crippen LogP contribution is -2.38. The van der Waals surface area contributed by atoms with Crippen LogP contribution in [0.4, 0.5) is 0 Å². The van der Waals surface area contributed by atoms with Crippen molar-refractivity contribution in [2.75, 3.05) is 7.11 Å². The van der Waals surface area contributed by atoms with Gasteiger partial charge in [-0.25, -0.2) is 0 Å². The number of para-hydroxylation sites is 1. The zero-order chi connectivity index (χ0) is 13.7. The summed E-state index contributed by atoms with van der Waals surface area (Å²) < 4.78 is 4.98. The molecule has 0 saturated carbocycles. The van der Waals surface area contributed by atoms with Crippen molar-refractivity contribution in [2.24, 2.45) is 5.92 Å². The number of hydrogen-bond acceptors (Lipinski definition) is 3. The molecule has 0 aliphatic carbocycles. The van der Waals surface area contributed by atoms with Gasteiger partial charge < -0.3 is 15.2 Å². The molecule has 1 aromatic rings. The third-order valence-electron chi connectivity index (χ3n) is 3.02. The molecule has 1 atom stereocenters. The molecule has 0 aliphatic rings. The second-order valence-corrected chi connectivity index (χ2v) is 4.59. The van der Waals surface area contributed by atoms with Crippen LogP contribution in [0.3, 0.4) is 0 Å². The molecule has 0 spiro atoms. The number of carbonyl (C=O) groups is 1. The van der Waals surface area contributed by atoms with Gasteiger partial charge in [-0.1, -0.05) is 26.8 Å². The summed E-state index contributed by atoms with van der Waals surface area (Å²) in [4.78, 5) is 12.1. The van der Waals surface area contributed by atoms with Gasteiger partial charge in [0.1, 0.15) is 0 Å². The molecule has 4 heteroatoms. The summed E-state index contributed by atoms with van der Waals surface area (Å²) in [5.41, 5.74) is 0.244. The van der Waals surface area contributed by atoms with Crippen molar-refractivity contribution in [3.63, 3.8) is 0 Å². The molecular formula is C14H21NO3. The first-order valence-corrected chi connectivity index (χ1v) is 6.18. The quantitative estimate of drug-likeness (QED) is 0.845. The number of phenols is 1. The van der Waals surface area contributed by atoms with Crippen LogP contribution in [0.2, 0.25) is 0 Å². The van der Waals surface area contributed by atoms with E-state index in [4.69, 9.17) is 4.74 Å². The van der Waals surface area contributed by atoms with Crippen LogP contribution >= 0.6 is 0 Å². The van der Waals surface area contributed by atoms with Gasteiger partial charge in [0.2, 0.25) is 0 Å². The Balaban J connectivity index is 2.91. The maximum absolute atomic E-state index is 12.1. The van der Waals surface area contributed by atoms with Crippen LogP contribution in [-0.4, -0.2) is 24.2 Å². The highest BCUT2D eigenvalue weighted by molar-refractivity contribution is 5.97. The van der Waals surface area contributed by atoms with Gasteiger partial charge in [0, 0.05) is 6.04 Å². The van der Waals surface area contributed by atoms with Crippen LogP contribution in [-0.2, 0) is 0 Å². The molecule has 18 heavy (non-hydrogen) atoms. The Bertz CT molecular complexity index is 416. The van der Waals surface area contributed by atoms with E-state index in [0.29, 0.717) is 11.7 Å². The highest BCUT2D eigenvalue weighted by atomic mass is 16.5. The van der Waals surface area contributed by atoms with Crippen molar-refractivity contribution in [1.29, 1.82) is 0 Å². The lowest BCUT2D eigenvalue weighted by atomic mass is 10.0. The van der Waals surface area contributed by atoms with E-state index in [1.807, 2.05) is 6.92 Å². The van der Waals surface area contributed by atoms with Crippen molar-refractivity contribution in [3.8, 4) is 11.5 Å². The van der Waals surface area contributed by atoms with Crippen molar-refractivity contribution in [1.82, 2.24) is 5.32 Å². The fourth-order valence-electron chi connectivity index (χ4n) is 1.86. The fraction of sp³-hybridized carbons (Fsp3) is 0.500. The molecular weight excluding hydrogens is 230 g/mol. The van der Waals surface area contributed by atoms with E-state index in [2.05, 4.69) is 19.2 Å². The fourth-order valence-corrected chi connectivity index (χ4v) is 1.86. The summed E-state index contributed by atoms with van der Waals surface area (Å²) in [5.74, 6) is 0.273. The molecule has 0 radical (unpaired) electrons. The zero-order valence-electron chi connectivity index (χ0n) is 11.4. The van der Waals surface area contributed by atoms with E-state index in [0.717, 1.165) is 6.42 Å². The number of methoxy groups -OCH3 is 1. The number of hydrogen-bond donors (Lipinski definition) is 2. The van der Waals surface area contributed by atoms with Crippen LogP contribution in [0, 0.1) is 5.92 Å². The van der Waals surface area contributed by atoms with E-state index in [1.54, 1.807) is 18.2 Å². The normalized spacial score (nSPS) is 12.3. The lowest BCUT2D eigenvalue weighted by molar-refractivity contribution is 0.0921. The first kappa shape index (κ1) is 14.4. The predicted octanol–water partition coefficient (Wildman–Crippen LogP) is 2.57. The van der Waals surface area contributed by atoms with E-state index in [-0.39, 0.29) is 23.3 Å². The van der Waals surface area contributed by atoms with E-state index in [9.17, 15) is 9.90 Å². The Morgan fingerprint density at radius 2 is 2.11 bits per heavy atom. The Hall–Kier alpha value is -1.71. The average molecular weight is 251 g/mol. The average Bonchev–Trinajstić information content (AvgIpc) is 2.35. The largest absolute Gasteiger partial charge is 0.504 e. The summed E-state index contributed by atoms with van der Waals surface area (Å²) in [6, 6.07) is 4.98. The maximum atomic E-state index is 12.1. The number of amides is 1. The molecule has 1 rings (SSSR count). The van der Waals surface area contributed by atoms with Gasteiger partial charge in [-0.05, 0) is 24.5 Å². The molecule has 4 nitrogen and oxygen atoms in total. The minimum atomic E-state index is -0.271.